The molecule has 1 fully saturated rings. The van der Waals surface area contributed by atoms with Crippen LogP contribution in [0.2, 0.25) is 0 Å². The average Bonchev–Trinajstić information content (AvgIpc) is 2.26. The van der Waals surface area contributed by atoms with E-state index >= 15 is 0 Å². The fourth-order valence-corrected chi connectivity index (χ4v) is 1.34. The Morgan fingerprint density at radius 3 is 2.83 bits per heavy atom. The predicted octanol–water partition coefficient (Wildman–Crippen LogP) is 0.536. The molecule has 0 bridgehead atoms. The van der Waals surface area contributed by atoms with Gasteiger partial charge in [0, 0.05) is 0 Å². The highest BCUT2D eigenvalue weighted by Crippen LogP contribution is 2.24. The van der Waals surface area contributed by atoms with E-state index < -0.39 is 14.0 Å². The van der Waals surface area contributed by atoms with Crippen LogP contribution in [0.1, 0.15) is 13.8 Å². The Hall–Kier alpha value is 0.0700. The summed E-state index contributed by atoms with van der Waals surface area (Å²) in [6, 6.07) is 0. The minimum atomic E-state index is -2.84. The van der Waals surface area contributed by atoms with Gasteiger partial charge in [0.15, 0.2) is 5.79 Å². The summed E-state index contributed by atoms with van der Waals surface area (Å²) in [5.41, 5.74) is 0. The minimum absolute atomic E-state index is 0.109. The maximum atomic E-state index is 10.2. The molecule has 1 heterocycles. The van der Waals surface area contributed by atoms with E-state index in [4.69, 9.17) is 14.4 Å². The van der Waals surface area contributed by atoms with Crippen molar-refractivity contribution >= 4 is 8.25 Å². The first-order chi connectivity index (χ1) is 5.49. The van der Waals surface area contributed by atoms with Crippen LogP contribution < -0.4 is 0 Å². The molecule has 0 amide bonds. The third-order valence-corrected chi connectivity index (χ3v) is 1.87. The van der Waals surface area contributed by atoms with Gasteiger partial charge in [-0.2, -0.15) is 0 Å². The Balaban J connectivity index is 2.24. The van der Waals surface area contributed by atoms with Gasteiger partial charge in [-0.15, -0.1) is 0 Å². The Morgan fingerprint density at radius 1 is 1.75 bits per heavy atom. The van der Waals surface area contributed by atoms with Crippen LogP contribution in [-0.2, 0) is 18.6 Å². The average molecular weight is 196 g/mol. The van der Waals surface area contributed by atoms with Crippen LogP contribution in [-0.4, -0.2) is 30.0 Å². The van der Waals surface area contributed by atoms with Crippen molar-refractivity contribution in [3.05, 3.63) is 0 Å². The van der Waals surface area contributed by atoms with Gasteiger partial charge < -0.3 is 18.9 Å². The molecule has 1 aliphatic rings. The molecule has 0 spiro atoms. The van der Waals surface area contributed by atoms with Crippen LogP contribution in [0, 0.1) is 0 Å². The fourth-order valence-electron chi connectivity index (χ4n) is 1.01. The lowest BCUT2D eigenvalue weighted by Gasteiger charge is -2.16. The van der Waals surface area contributed by atoms with E-state index in [1.54, 1.807) is 13.8 Å². The largest absolute Gasteiger partial charge is 0.348 e. The van der Waals surface area contributed by atoms with Gasteiger partial charge in [0.1, 0.15) is 6.10 Å². The van der Waals surface area contributed by atoms with Crippen LogP contribution in [0.3, 0.4) is 0 Å². The summed E-state index contributed by atoms with van der Waals surface area (Å²) in [4.78, 5) is 8.37. The first kappa shape index (κ1) is 10.2. The maximum Gasteiger partial charge on any atom is 0.316 e. The van der Waals surface area contributed by atoms with Crippen LogP contribution in [0.25, 0.3) is 0 Å². The smallest absolute Gasteiger partial charge is 0.316 e. The quantitative estimate of drug-likeness (QED) is 0.667. The minimum Gasteiger partial charge on any atom is -0.348 e. The molecule has 0 aliphatic carbocycles. The van der Waals surface area contributed by atoms with E-state index in [0.29, 0.717) is 6.61 Å². The molecule has 0 aromatic heterocycles. The van der Waals surface area contributed by atoms with Gasteiger partial charge in [0.05, 0.1) is 13.2 Å². The van der Waals surface area contributed by atoms with E-state index in [1.807, 2.05) is 0 Å². The van der Waals surface area contributed by atoms with Gasteiger partial charge >= 0.3 is 8.25 Å². The number of hydrogen-bond donors (Lipinski definition) is 1. The Morgan fingerprint density at radius 2 is 2.42 bits per heavy atom. The molecule has 1 saturated heterocycles. The molecular formula is C6H13O5P. The van der Waals surface area contributed by atoms with Crippen LogP contribution in [0.15, 0.2) is 0 Å². The molecule has 1 aliphatic heterocycles. The van der Waals surface area contributed by atoms with Gasteiger partial charge in [-0.1, -0.05) is 0 Å². The van der Waals surface area contributed by atoms with Crippen molar-refractivity contribution in [1.82, 2.24) is 0 Å². The summed E-state index contributed by atoms with van der Waals surface area (Å²) < 4.78 is 25.2. The van der Waals surface area contributed by atoms with E-state index in [-0.39, 0.29) is 12.7 Å². The molecular weight excluding hydrogens is 183 g/mol. The molecule has 0 saturated carbocycles. The second-order valence-electron chi connectivity index (χ2n) is 3.03. The third kappa shape index (κ3) is 3.21. The van der Waals surface area contributed by atoms with Crippen molar-refractivity contribution in [3.8, 4) is 0 Å². The summed E-state index contributed by atoms with van der Waals surface area (Å²) in [5.74, 6) is -0.598. The van der Waals surface area contributed by atoms with Crippen molar-refractivity contribution in [2.45, 2.75) is 25.7 Å². The molecule has 0 aromatic carbocycles. The van der Waals surface area contributed by atoms with Crippen molar-refractivity contribution in [2.75, 3.05) is 13.2 Å². The first-order valence-electron chi connectivity index (χ1n) is 3.67. The fraction of sp³-hybridized carbons (Fsp3) is 1.00. The zero-order valence-electron chi connectivity index (χ0n) is 7.07. The van der Waals surface area contributed by atoms with E-state index in [0.717, 1.165) is 0 Å². The number of rotatable bonds is 3. The van der Waals surface area contributed by atoms with Crippen LogP contribution in [0.5, 0.6) is 0 Å². The first-order valence-corrected chi connectivity index (χ1v) is 4.93. The Kier molecular flexibility index (Phi) is 3.26. The summed E-state index contributed by atoms with van der Waals surface area (Å²) in [6.07, 6.45) is -0.235. The summed E-state index contributed by atoms with van der Waals surface area (Å²) >= 11 is 0. The normalized spacial score (nSPS) is 30.4. The Labute approximate surface area is 71.6 Å². The van der Waals surface area contributed by atoms with Gasteiger partial charge in [-0.25, -0.2) is 0 Å². The lowest BCUT2D eigenvalue weighted by Crippen LogP contribution is -2.23. The van der Waals surface area contributed by atoms with Crippen molar-refractivity contribution < 1.29 is 23.5 Å². The molecule has 1 rings (SSSR count). The zero-order valence-corrected chi connectivity index (χ0v) is 8.07. The number of ether oxygens (including phenoxy) is 2. The summed E-state index contributed by atoms with van der Waals surface area (Å²) in [5, 5.41) is 0. The van der Waals surface area contributed by atoms with E-state index in [1.165, 1.54) is 0 Å². The highest BCUT2D eigenvalue weighted by Gasteiger charge is 2.32. The number of hydrogen-bond acceptors (Lipinski definition) is 4. The molecule has 6 heteroatoms. The monoisotopic (exact) mass is 196 g/mol. The topological polar surface area (TPSA) is 65.0 Å². The van der Waals surface area contributed by atoms with Gasteiger partial charge in [-0.05, 0) is 13.8 Å². The molecule has 12 heavy (non-hydrogen) atoms. The standard InChI is InChI=1S/C6H13O5P/c1-6(2)9-3-5(11-6)4-10-12(7)8/h5,12H,3-4H2,1-2H3,(H,7,8). The zero-order chi connectivity index (χ0) is 9.19. The molecule has 2 unspecified atom stereocenters. The van der Waals surface area contributed by atoms with Crippen LogP contribution >= 0.6 is 8.25 Å². The highest BCUT2D eigenvalue weighted by atomic mass is 31.1. The van der Waals surface area contributed by atoms with Gasteiger partial charge in [0.25, 0.3) is 0 Å². The molecule has 72 valence electrons. The highest BCUT2D eigenvalue weighted by molar-refractivity contribution is 7.32. The SMILES string of the molecule is CC1(C)OCC(CO[PH](=O)O)O1. The third-order valence-electron chi connectivity index (χ3n) is 1.46. The van der Waals surface area contributed by atoms with E-state index in [9.17, 15) is 4.57 Å². The van der Waals surface area contributed by atoms with E-state index in [2.05, 4.69) is 4.52 Å². The second-order valence-corrected chi connectivity index (χ2v) is 3.85. The molecule has 5 nitrogen and oxygen atoms in total. The van der Waals surface area contributed by atoms with Crippen LogP contribution in [0.4, 0.5) is 0 Å². The molecule has 2 atom stereocenters. The van der Waals surface area contributed by atoms with Gasteiger partial charge in [0.2, 0.25) is 0 Å². The lowest BCUT2D eigenvalue weighted by atomic mass is 10.4. The second kappa shape index (κ2) is 3.85. The molecule has 1 N–H and O–H groups in total. The maximum absolute atomic E-state index is 10.2. The summed E-state index contributed by atoms with van der Waals surface area (Å²) in [7, 11) is -2.84. The lowest BCUT2D eigenvalue weighted by molar-refractivity contribution is -0.141. The molecule has 0 aromatic rings. The summed E-state index contributed by atoms with van der Waals surface area (Å²) in [6.45, 7) is 4.09. The predicted molar refractivity (Wildman–Crippen MR) is 42.1 cm³/mol. The van der Waals surface area contributed by atoms with Crippen molar-refractivity contribution in [1.29, 1.82) is 0 Å². The van der Waals surface area contributed by atoms with Crippen molar-refractivity contribution in [2.24, 2.45) is 0 Å². The van der Waals surface area contributed by atoms with Gasteiger partial charge in [-0.3, -0.25) is 4.57 Å². The molecule has 0 radical (unpaired) electrons. The Bertz CT molecular complexity index is 181. The van der Waals surface area contributed by atoms with Crippen molar-refractivity contribution in [3.63, 3.8) is 0 Å².